The molecule has 1 aliphatic heterocycles. The minimum atomic E-state index is 0.286. The Bertz CT molecular complexity index is 182. The van der Waals surface area contributed by atoms with Gasteiger partial charge in [0.15, 0.2) is 0 Å². The summed E-state index contributed by atoms with van der Waals surface area (Å²) in [6.45, 7) is 3.96. The molecule has 13 heavy (non-hydrogen) atoms. The molecule has 1 N–H and O–H groups in total. The highest BCUT2D eigenvalue weighted by atomic mass is 16.1. The molecule has 0 aromatic heterocycles. The molecule has 0 bridgehead atoms. The van der Waals surface area contributed by atoms with Crippen LogP contribution in [0.25, 0.3) is 0 Å². The maximum Gasteiger partial charge on any atom is 0.131 e. The Morgan fingerprint density at radius 1 is 1.69 bits per heavy atom. The highest BCUT2D eigenvalue weighted by molar-refractivity contribution is 5.76. The van der Waals surface area contributed by atoms with Gasteiger partial charge in [-0.05, 0) is 39.9 Å². The summed E-state index contributed by atoms with van der Waals surface area (Å²) >= 11 is 0. The fourth-order valence-corrected chi connectivity index (χ4v) is 2.11. The summed E-state index contributed by atoms with van der Waals surface area (Å²) in [5.41, 5.74) is 0. The van der Waals surface area contributed by atoms with Crippen molar-refractivity contribution in [3.63, 3.8) is 0 Å². The number of Topliss-reactive ketones (excluding diaryl/α,β-unsaturated/α-hetero) is 1. The van der Waals surface area contributed by atoms with Gasteiger partial charge in [-0.1, -0.05) is 0 Å². The lowest BCUT2D eigenvalue weighted by Crippen LogP contribution is -2.36. The fraction of sp³-hybridized carbons (Fsp3) is 0.900. The van der Waals surface area contributed by atoms with Crippen molar-refractivity contribution in [1.29, 1.82) is 0 Å². The SMILES string of the molecule is CNC(CC(C)=O)C1CCN(C)C1. The molecule has 3 nitrogen and oxygen atoms in total. The first kappa shape index (κ1) is 10.7. The lowest BCUT2D eigenvalue weighted by atomic mass is 9.95. The maximum atomic E-state index is 11.0. The van der Waals surface area contributed by atoms with E-state index in [1.54, 1.807) is 6.92 Å². The number of carbonyl (C=O) groups is 1. The highest BCUT2D eigenvalue weighted by Crippen LogP contribution is 2.20. The molecule has 0 aromatic rings. The van der Waals surface area contributed by atoms with Crippen LogP contribution in [0.2, 0.25) is 0 Å². The molecule has 1 fully saturated rings. The van der Waals surface area contributed by atoms with E-state index >= 15 is 0 Å². The summed E-state index contributed by atoms with van der Waals surface area (Å²) in [6.07, 6.45) is 1.89. The second-order valence-electron chi connectivity index (χ2n) is 4.11. The molecule has 0 amide bonds. The van der Waals surface area contributed by atoms with Crippen molar-refractivity contribution in [1.82, 2.24) is 10.2 Å². The van der Waals surface area contributed by atoms with E-state index in [9.17, 15) is 4.79 Å². The molecule has 0 spiro atoms. The van der Waals surface area contributed by atoms with Gasteiger partial charge >= 0.3 is 0 Å². The number of hydrogen-bond acceptors (Lipinski definition) is 3. The molecule has 2 unspecified atom stereocenters. The van der Waals surface area contributed by atoms with Gasteiger partial charge in [-0.2, -0.15) is 0 Å². The molecule has 3 heteroatoms. The summed E-state index contributed by atoms with van der Waals surface area (Å²) < 4.78 is 0. The van der Waals surface area contributed by atoms with Crippen molar-refractivity contribution in [2.24, 2.45) is 5.92 Å². The zero-order valence-electron chi connectivity index (χ0n) is 8.84. The number of ketones is 1. The molecule has 0 saturated carbocycles. The standard InChI is InChI=1S/C10H20N2O/c1-8(13)6-10(11-2)9-4-5-12(3)7-9/h9-11H,4-7H2,1-3H3. The first-order valence-corrected chi connectivity index (χ1v) is 4.98. The number of likely N-dealkylation sites (tertiary alicyclic amines) is 1. The third-order valence-corrected chi connectivity index (χ3v) is 2.87. The normalized spacial score (nSPS) is 26.2. The van der Waals surface area contributed by atoms with Crippen LogP contribution in [0.15, 0.2) is 0 Å². The van der Waals surface area contributed by atoms with Gasteiger partial charge in [0.05, 0.1) is 0 Å². The van der Waals surface area contributed by atoms with Crippen LogP contribution in [-0.4, -0.2) is 43.9 Å². The van der Waals surface area contributed by atoms with Crippen LogP contribution >= 0.6 is 0 Å². The van der Waals surface area contributed by atoms with E-state index in [0.717, 1.165) is 6.54 Å². The number of nitrogens with one attached hydrogen (secondary N) is 1. The molecule has 1 rings (SSSR count). The Hall–Kier alpha value is -0.410. The summed E-state index contributed by atoms with van der Waals surface area (Å²) in [6, 6.07) is 0.377. The van der Waals surface area contributed by atoms with E-state index in [2.05, 4.69) is 17.3 Å². The molecule has 76 valence electrons. The van der Waals surface area contributed by atoms with Crippen LogP contribution in [0.1, 0.15) is 19.8 Å². The third-order valence-electron chi connectivity index (χ3n) is 2.87. The molecule has 0 aromatic carbocycles. The van der Waals surface area contributed by atoms with Crippen LogP contribution in [-0.2, 0) is 4.79 Å². The minimum Gasteiger partial charge on any atom is -0.316 e. The van der Waals surface area contributed by atoms with Gasteiger partial charge in [0.25, 0.3) is 0 Å². The van der Waals surface area contributed by atoms with Gasteiger partial charge in [-0.3, -0.25) is 4.79 Å². The Morgan fingerprint density at radius 2 is 2.38 bits per heavy atom. The van der Waals surface area contributed by atoms with E-state index in [1.807, 2.05) is 7.05 Å². The van der Waals surface area contributed by atoms with Crippen LogP contribution < -0.4 is 5.32 Å². The molecule has 1 heterocycles. The number of carbonyl (C=O) groups excluding carboxylic acids is 1. The summed E-state index contributed by atoms with van der Waals surface area (Å²) in [5, 5.41) is 3.25. The van der Waals surface area contributed by atoms with Gasteiger partial charge < -0.3 is 10.2 Å². The lowest BCUT2D eigenvalue weighted by molar-refractivity contribution is -0.117. The molecule has 1 aliphatic rings. The quantitative estimate of drug-likeness (QED) is 0.691. The zero-order chi connectivity index (χ0) is 9.84. The van der Waals surface area contributed by atoms with Crippen LogP contribution in [0.5, 0.6) is 0 Å². The van der Waals surface area contributed by atoms with Gasteiger partial charge in [-0.25, -0.2) is 0 Å². The number of nitrogens with zero attached hydrogens (tertiary/aromatic N) is 1. The van der Waals surface area contributed by atoms with Crippen molar-refractivity contribution in [3.8, 4) is 0 Å². The van der Waals surface area contributed by atoms with Crippen molar-refractivity contribution in [2.75, 3.05) is 27.2 Å². The first-order valence-electron chi connectivity index (χ1n) is 4.98. The molecule has 1 saturated heterocycles. The van der Waals surface area contributed by atoms with Crippen molar-refractivity contribution < 1.29 is 4.79 Å². The van der Waals surface area contributed by atoms with E-state index in [4.69, 9.17) is 0 Å². The molecular formula is C10H20N2O. The highest BCUT2D eigenvalue weighted by Gasteiger charge is 2.27. The van der Waals surface area contributed by atoms with E-state index in [-0.39, 0.29) is 5.78 Å². The largest absolute Gasteiger partial charge is 0.316 e. The average molecular weight is 184 g/mol. The number of rotatable bonds is 4. The van der Waals surface area contributed by atoms with Gasteiger partial charge in [-0.15, -0.1) is 0 Å². The summed E-state index contributed by atoms with van der Waals surface area (Å²) in [7, 11) is 4.09. The predicted molar refractivity (Wildman–Crippen MR) is 53.7 cm³/mol. The zero-order valence-corrected chi connectivity index (χ0v) is 8.84. The van der Waals surface area contributed by atoms with E-state index < -0.39 is 0 Å². The molecular weight excluding hydrogens is 164 g/mol. The summed E-state index contributed by atoms with van der Waals surface area (Å²) in [4.78, 5) is 13.3. The van der Waals surface area contributed by atoms with Crippen molar-refractivity contribution in [2.45, 2.75) is 25.8 Å². The van der Waals surface area contributed by atoms with Crippen molar-refractivity contribution >= 4 is 5.78 Å². The Morgan fingerprint density at radius 3 is 2.77 bits per heavy atom. The topological polar surface area (TPSA) is 32.3 Å². The van der Waals surface area contributed by atoms with Gasteiger partial charge in [0, 0.05) is 19.0 Å². The fourth-order valence-electron chi connectivity index (χ4n) is 2.11. The molecule has 0 radical (unpaired) electrons. The van der Waals surface area contributed by atoms with Crippen molar-refractivity contribution in [3.05, 3.63) is 0 Å². The summed E-state index contributed by atoms with van der Waals surface area (Å²) in [5.74, 6) is 0.938. The van der Waals surface area contributed by atoms with Gasteiger partial charge in [0.2, 0.25) is 0 Å². The predicted octanol–water partition coefficient (Wildman–Crippen LogP) is 0.505. The van der Waals surface area contributed by atoms with Crippen LogP contribution in [0.3, 0.4) is 0 Å². The van der Waals surface area contributed by atoms with Gasteiger partial charge in [0.1, 0.15) is 5.78 Å². The monoisotopic (exact) mass is 184 g/mol. The Labute approximate surface area is 80.5 Å². The maximum absolute atomic E-state index is 11.0. The second kappa shape index (κ2) is 4.72. The smallest absolute Gasteiger partial charge is 0.131 e. The Balaban J connectivity index is 2.42. The Kier molecular flexibility index (Phi) is 3.88. The first-order chi connectivity index (χ1) is 6.13. The van der Waals surface area contributed by atoms with E-state index in [0.29, 0.717) is 18.4 Å². The average Bonchev–Trinajstić information content (AvgIpc) is 2.47. The lowest BCUT2D eigenvalue weighted by Gasteiger charge is -2.21. The second-order valence-corrected chi connectivity index (χ2v) is 4.11. The van der Waals surface area contributed by atoms with Crippen LogP contribution in [0.4, 0.5) is 0 Å². The molecule has 0 aliphatic carbocycles. The van der Waals surface area contributed by atoms with Crippen LogP contribution in [0, 0.1) is 5.92 Å². The number of hydrogen-bond donors (Lipinski definition) is 1. The minimum absolute atomic E-state index is 0.286. The van der Waals surface area contributed by atoms with E-state index in [1.165, 1.54) is 13.0 Å². The molecule has 2 atom stereocenters. The third kappa shape index (κ3) is 3.08.